The first-order valence-electron chi connectivity index (χ1n) is 10.9. The Morgan fingerprint density at radius 1 is 0.806 bits per heavy atom. The second-order valence-electron chi connectivity index (χ2n) is 10.6. The quantitative estimate of drug-likeness (QED) is 0.560. The van der Waals surface area contributed by atoms with Crippen LogP contribution in [0.4, 0.5) is 0 Å². The second-order valence-corrected chi connectivity index (χ2v) is 10.6. The van der Waals surface area contributed by atoms with Crippen molar-refractivity contribution >= 4 is 11.4 Å². The first-order valence-corrected chi connectivity index (χ1v) is 10.9. The Balaban J connectivity index is 2.41. The topological polar surface area (TPSA) is 37.3 Å². The van der Waals surface area contributed by atoms with E-state index < -0.39 is 0 Å². The highest BCUT2D eigenvalue weighted by molar-refractivity contribution is 6.11. The summed E-state index contributed by atoms with van der Waals surface area (Å²) in [5, 5.41) is 10.8. The van der Waals surface area contributed by atoms with E-state index in [2.05, 4.69) is 65.8 Å². The molecule has 0 aromatic heterocycles. The molecule has 3 rings (SSSR count). The molecule has 0 aliphatic heterocycles. The van der Waals surface area contributed by atoms with Crippen molar-refractivity contribution in [2.75, 3.05) is 0 Å². The van der Waals surface area contributed by atoms with E-state index in [1.165, 1.54) is 0 Å². The van der Waals surface area contributed by atoms with Gasteiger partial charge in [0.25, 0.3) is 0 Å². The Bertz CT molecular complexity index is 1110. The number of benzene rings is 2. The van der Waals surface area contributed by atoms with Crippen molar-refractivity contribution in [1.29, 1.82) is 0 Å². The molecule has 162 valence electrons. The largest absolute Gasteiger partial charge is 0.507 e. The molecule has 0 atom stereocenters. The van der Waals surface area contributed by atoms with E-state index in [9.17, 15) is 9.90 Å². The summed E-state index contributed by atoms with van der Waals surface area (Å²) in [6, 6.07) is 14.4. The molecule has 0 fully saturated rings. The van der Waals surface area contributed by atoms with E-state index in [1.54, 1.807) is 0 Å². The van der Waals surface area contributed by atoms with E-state index in [0.717, 1.165) is 44.5 Å². The Hall–Kier alpha value is -2.87. The van der Waals surface area contributed by atoms with Gasteiger partial charge < -0.3 is 5.11 Å². The van der Waals surface area contributed by atoms with E-state index in [-0.39, 0.29) is 16.6 Å². The SMILES string of the molecule is CC1=CC(=C(c2ccccc2)c2cc(C)c(O)c(C(C)(C)C)c2)C=C(C(C)(C)C)C1=O. The van der Waals surface area contributed by atoms with Crippen molar-refractivity contribution in [2.45, 2.75) is 60.8 Å². The van der Waals surface area contributed by atoms with E-state index in [4.69, 9.17) is 0 Å². The van der Waals surface area contributed by atoms with Crippen LogP contribution >= 0.6 is 0 Å². The highest BCUT2D eigenvalue weighted by atomic mass is 16.3. The molecule has 2 heteroatoms. The van der Waals surface area contributed by atoms with Gasteiger partial charge in [0.15, 0.2) is 5.78 Å². The maximum atomic E-state index is 12.9. The average molecular weight is 415 g/mol. The average Bonchev–Trinajstić information content (AvgIpc) is 2.66. The lowest BCUT2D eigenvalue weighted by atomic mass is 9.76. The molecule has 0 saturated carbocycles. The highest BCUT2D eigenvalue weighted by Gasteiger charge is 2.29. The van der Waals surface area contributed by atoms with Gasteiger partial charge in [-0.25, -0.2) is 0 Å². The van der Waals surface area contributed by atoms with E-state index >= 15 is 0 Å². The van der Waals surface area contributed by atoms with Gasteiger partial charge in [0, 0.05) is 11.1 Å². The Labute approximate surface area is 187 Å². The van der Waals surface area contributed by atoms with Gasteiger partial charge in [-0.3, -0.25) is 4.79 Å². The predicted octanol–water partition coefficient (Wildman–Crippen LogP) is 7.30. The maximum absolute atomic E-state index is 12.9. The number of carbonyl (C=O) groups excluding carboxylic acids is 1. The third-order valence-electron chi connectivity index (χ3n) is 5.83. The van der Waals surface area contributed by atoms with Crippen molar-refractivity contribution in [3.05, 3.63) is 93.6 Å². The molecule has 1 N–H and O–H groups in total. The van der Waals surface area contributed by atoms with Crippen LogP contribution < -0.4 is 0 Å². The molecular weight excluding hydrogens is 380 g/mol. The zero-order valence-electron chi connectivity index (χ0n) is 20.1. The first-order chi connectivity index (χ1) is 14.3. The molecule has 2 nitrogen and oxygen atoms in total. The lowest BCUT2D eigenvalue weighted by Crippen LogP contribution is -2.21. The maximum Gasteiger partial charge on any atom is 0.185 e. The van der Waals surface area contributed by atoms with Crippen LogP contribution in [-0.4, -0.2) is 10.9 Å². The van der Waals surface area contributed by atoms with Gasteiger partial charge in [0.1, 0.15) is 5.75 Å². The summed E-state index contributed by atoms with van der Waals surface area (Å²) in [6.45, 7) is 16.4. The highest BCUT2D eigenvalue weighted by Crippen LogP contribution is 2.40. The third kappa shape index (κ3) is 4.58. The minimum Gasteiger partial charge on any atom is -0.507 e. The number of allylic oxidation sites excluding steroid dienone is 5. The van der Waals surface area contributed by atoms with Gasteiger partial charge in [-0.05, 0) is 82.4 Å². The van der Waals surface area contributed by atoms with Crippen molar-refractivity contribution in [1.82, 2.24) is 0 Å². The molecular formula is C29H34O2. The van der Waals surface area contributed by atoms with Crippen molar-refractivity contribution < 1.29 is 9.90 Å². The van der Waals surface area contributed by atoms with Crippen LogP contribution in [0.1, 0.15) is 70.7 Å². The molecule has 2 aromatic rings. The lowest BCUT2D eigenvalue weighted by Gasteiger charge is -2.27. The van der Waals surface area contributed by atoms with Crippen LogP contribution in [0.3, 0.4) is 0 Å². The minimum absolute atomic E-state index is 0.112. The molecule has 2 aromatic carbocycles. The fraction of sp³-hybridized carbons (Fsp3) is 0.345. The summed E-state index contributed by atoms with van der Waals surface area (Å²) in [6.07, 6.45) is 4.05. The van der Waals surface area contributed by atoms with Gasteiger partial charge in [0.2, 0.25) is 0 Å². The zero-order chi connectivity index (χ0) is 23.1. The van der Waals surface area contributed by atoms with Gasteiger partial charge in [-0.2, -0.15) is 0 Å². The molecule has 1 aliphatic rings. The van der Waals surface area contributed by atoms with Crippen LogP contribution in [0.25, 0.3) is 5.57 Å². The standard InChI is InChI=1S/C29H34O2/c1-18-14-21(16-23(26(18)30)28(3,4)5)25(20-12-10-9-11-13-20)22-15-19(2)27(31)24(17-22)29(6,7)8/h9-17,30H,1-8H3. The summed E-state index contributed by atoms with van der Waals surface area (Å²) in [7, 11) is 0. The number of hydrogen-bond acceptors (Lipinski definition) is 2. The van der Waals surface area contributed by atoms with Crippen LogP contribution in [0.2, 0.25) is 0 Å². The fourth-order valence-corrected chi connectivity index (χ4v) is 4.08. The van der Waals surface area contributed by atoms with Crippen LogP contribution in [0, 0.1) is 12.3 Å². The van der Waals surface area contributed by atoms with Crippen molar-refractivity contribution in [3.63, 3.8) is 0 Å². The number of carbonyl (C=O) groups is 1. The van der Waals surface area contributed by atoms with Crippen LogP contribution in [-0.2, 0) is 10.2 Å². The second kappa shape index (κ2) is 8.00. The number of phenols is 1. The normalized spacial score (nSPS) is 16.7. The molecule has 1 aliphatic carbocycles. The molecule has 0 spiro atoms. The smallest absolute Gasteiger partial charge is 0.185 e. The zero-order valence-corrected chi connectivity index (χ0v) is 20.1. The number of Topliss-reactive ketones (excluding diaryl/α,β-unsaturated/α-hetero) is 1. The predicted molar refractivity (Wildman–Crippen MR) is 130 cm³/mol. The number of aromatic hydroxyl groups is 1. The molecule has 0 bridgehead atoms. The summed E-state index contributed by atoms with van der Waals surface area (Å²) in [5.74, 6) is 0.464. The van der Waals surface area contributed by atoms with Gasteiger partial charge in [-0.1, -0.05) is 71.9 Å². The Morgan fingerprint density at radius 3 is 1.97 bits per heavy atom. The van der Waals surface area contributed by atoms with E-state index in [0.29, 0.717) is 5.75 Å². The van der Waals surface area contributed by atoms with E-state index in [1.807, 2.05) is 44.2 Å². The molecule has 0 amide bonds. The summed E-state index contributed by atoms with van der Waals surface area (Å²) in [4.78, 5) is 12.9. The Kier molecular flexibility index (Phi) is 5.88. The van der Waals surface area contributed by atoms with Crippen LogP contribution in [0.5, 0.6) is 5.75 Å². The lowest BCUT2D eigenvalue weighted by molar-refractivity contribution is -0.113. The first kappa shape index (κ1) is 22.8. The molecule has 0 heterocycles. The van der Waals surface area contributed by atoms with Crippen LogP contribution in [0.15, 0.2) is 71.3 Å². The van der Waals surface area contributed by atoms with Crippen molar-refractivity contribution in [2.24, 2.45) is 5.41 Å². The van der Waals surface area contributed by atoms with Crippen molar-refractivity contribution in [3.8, 4) is 5.75 Å². The third-order valence-corrected chi connectivity index (χ3v) is 5.83. The van der Waals surface area contributed by atoms with Gasteiger partial charge >= 0.3 is 0 Å². The number of phenolic OH excluding ortho intramolecular Hbond substituents is 1. The number of ketones is 1. The number of rotatable bonds is 2. The van der Waals surface area contributed by atoms with Gasteiger partial charge in [-0.15, -0.1) is 0 Å². The molecule has 0 unspecified atom stereocenters. The fourth-order valence-electron chi connectivity index (χ4n) is 4.08. The molecule has 31 heavy (non-hydrogen) atoms. The number of aryl methyl sites for hydroxylation is 1. The minimum atomic E-state index is -0.249. The molecule has 0 radical (unpaired) electrons. The van der Waals surface area contributed by atoms with Gasteiger partial charge in [0.05, 0.1) is 0 Å². The monoisotopic (exact) mass is 414 g/mol. The summed E-state index contributed by atoms with van der Waals surface area (Å²) < 4.78 is 0. The summed E-state index contributed by atoms with van der Waals surface area (Å²) >= 11 is 0. The molecule has 0 saturated heterocycles. The summed E-state index contributed by atoms with van der Waals surface area (Å²) in [5.41, 5.74) is 7.13. The number of hydrogen-bond donors (Lipinski definition) is 1. The Morgan fingerprint density at radius 2 is 1.42 bits per heavy atom.